The maximum atomic E-state index is 5.57. The van der Waals surface area contributed by atoms with Gasteiger partial charge in [-0.25, -0.2) is 4.98 Å². The smallest absolute Gasteiger partial charge is 0.131 e. The zero-order valence-electron chi connectivity index (χ0n) is 13.4. The lowest BCUT2D eigenvalue weighted by atomic mass is 10.1. The molecule has 1 fully saturated rings. The van der Waals surface area contributed by atoms with Gasteiger partial charge in [0.25, 0.3) is 0 Å². The lowest BCUT2D eigenvalue weighted by molar-refractivity contribution is 0.0925. The fourth-order valence-electron chi connectivity index (χ4n) is 2.70. The Kier molecular flexibility index (Phi) is 6.42. The second-order valence-corrected chi connectivity index (χ2v) is 5.48. The maximum Gasteiger partial charge on any atom is 0.131 e. The van der Waals surface area contributed by atoms with Crippen LogP contribution in [0.2, 0.25) is 0 Å². The Morgan fingerprint density at radius 3 is 3.10 bits per heavy atom. The molecule has 0 aromatic carbocycles. The lowest BCUT2D eigenvalue weighted by Gasteiger charge is -2.36. The van der Waals surface area contributed by atoms with Crippen LogP contribution in [0.4, 0.5) is 5.82 Å². The van der Waals surface area contributed by atoms with Crippen molar-refractivity contribution in [2.75, 3.05) is 44.9 Å². The molecule has 5 heteroatoms. The van der Waals surface area contributed by atoms with E-state index < -0.39 is 0 Å². The van der Waals surface area contributed by atoms with E-state index >= 15 is 0 Å². The monoisotopic (exact) mass is 293 g/mol. The van der Waals surface area contributed by atoms with E-state index in [-0.39, 0.29) is 0 Å². The number of aromatic nitrogens is 1. The van der Waals surface area contributed by atoms with Crippen LogP contribution in [0.5, 0.6) is 0 Å². The third-order valence-electron chi connectivity index (χ3n) is 3.89. The Labute approximate surface area is 127 Å². The van der Waals surface area contributed by atoms with E-state index in [0.29, 0.717) is 6.04 Å². The van der Waals surface area contributed by atoms with Gasteiger partial charge in [-0.1, -0.05) is 6.92 Å². The minimum atomic E-state index is 0.440. The molecular formula is C16H27N3O2. The minimum Gasteiger partial charge on any atom is -0.383 e. The van der Waals surface area contributed by atoms with Crippen molar-refractivity contribution in [1.82, 2.24) is 10.3 Å². The molecule has 5 nitrogen and oxygen atoms in total. The molecule has 1 atom stereocenters. The summed E-state index contributed by atoms with van der Waals surface area (Å²) < 4.78 is 10.6. The molecule has 0 bridgehead atoms. The van der Waals surface area contributed by atoms with Gasteiger partial charge >= 0.3 is 0 Å². The second-order valence-electron chi connectivity index (χ2n) is 5.48. The molecule has 118 valence electrons. The van der Waals surface area contributed by atoms with Crippen LogP contribution in [-0.4, -0.2) is 51.0 Å². The van der Waals surface area contributed by atoms with Gasteiger partial charge in [-0.05, 0) is 30.5 Å². The SMILES string of the molecule is CCC1COCCN1c1ncc(CNCCOC)cc1C. The van der Waals surface area contributed by atoms with Crippen LogP contribution in [0.15, 0.2) is 12.3 Å². The van der Waals surface area contributed by atoms with Gasteiger partial charge in [-0.2, -0.15) is 0 Å². The molecule has 1 unspecified atom stereocenters. The summed E-state index contributed by atoms with van der Waals surface area (Å²) in [5, 5.41) is 3.35. The summed E-state index contributed by atoms with van der Waals surface area (Å²) in [4.78, 5) is 7.09. The van der Waals surface area contributed by atoms with Crippen molar-refractivity contribution in [2.45, 2.75) is 32.9 Å². The predicted molar refractivity (Wildman–Crippen MR) is 84.8 cm³/mol. The molecule has 2 heterocycles. The number of aryl methyl sites for hydroxylation is 1. The van der Waals surface area contributed by atoms with Crippen molar-refractivity contribution < 1.29 is 9.47 Å². The van der Waals surface area contributed by atoms with Gasteiger partial charge < -0.3 is 19.7 Å². The highest BCUT2D eigenvalue weighted by Crippen LogP contribution is 2.23. The van der Waals surface area contributed by atoms with Gasteiger partial charge in [0.05, 0.1) is 25.9 Å². The summed E-state index contributed by atoms with van der Waals surface area (Å²) >= 11 is 0. The van der Waals surface area contributed by atoms with Crippen LogP contribution < -0.4 is 10.2 Å². The molecule has 1 aliphatic heterocycles. The molecule has 0 spiro atoms. The quantitative estimate of drug-likeness (QED) is 0.776. The first-order valence-electron chi connectivity index (χ1n) is 7.75. The van der Waals surface area contributed by atoms with Crippen LogP contribution in [0.1, 0.15) is 24.5 Å². The number of nitrogens with one attached hydrogen (secondary N) is 1. The fourth-order valence-corrected chi connectivity index (χ4v) is 2.70. The van der Waals surface area contributed by atoms with Crippen molar-refractivity contribution in [1.29, 1.82) is 0 Å². The van der Waals surface area contributed by atoms with Crippen LogP contribution >= 0.6 is 0 Å². The number of anilines is 1. The normalized spacial score (nSPS) is 19.0. The van der Waals surface area contributed by atoms with Gasteiger partial charge in [0, 0.05) is 32.9 Å². The standard InChI is InChI=1S/C16H27N3O2/c1-4-15-12-21-8-6-19(15)16-13(2)9-14(11-18-16)10-17-5-7-20-3/h9,11,15,17H,4-8,10,12H2,1-3H3. The summed E-state index contributed by atoms with van der Waals surface area (Å²) in [7, 11) is 1.72. The van der Waals surface area contributed by atoms with Crippen LogP contribution in [-0.2, 0) is 16.0 Å². The third kappa shape index (κ3) is 4.40. The first kappa shape index (κ1) is 16.2. The van der Waals surface area contributed by atoms with Crippen molar-refractivity contribution in [3.63, 3.8) is 0 Å². The molecule has 0 saturated carbocycles. The molecule has 1 saturated heterocycles. The van der Waals surface area contributed by atoms with Gasteiger partial charge in [0.15, 0.2) is 0 Å². The van der Waals surface area contributed by atoms with E-state index in [9.17, 15) is 0 Å². The van der Waals surface area contributed by atoms with Crippen molar-refractivity contribution in [3.8, 4) is 0 Å². The number of hydrogen-bond acceptors (Lipinski definition) is 5. The molecule has 1 aromatic heterocycles. The Morgan fingerprint density at radius 1 is 1.52 bits per heavy atom. The number of nitrogens with zero attached hydrogens (tertiary/aromatic N) is 2. The van der Waals surface area contributed by atoms with Crippen LogP contribution in [0.25, 0.3) is 0 Å². The van der Waals surface area contributed by atoms with E-state index in [4.69, 9.17) is 14.5 Å². The van der Waals surface area contributed by atoms with Crippen molar-refractivity contribution in [2.24, 2.45) is 0 Å². The Bertz CT molecular complexity index is 440. The third-order valence-corrected chi connectivity index (χ3v) is 3.89. The van der Waals surface area contributed by atoms with Crippen molar-refractivity contribution >= 4 is 5.82 Å². The van der Waals surface area contributed by atoms with Crippen LogP contribution in [0.3, 0.4) is 0 Å². The molecule has 0 aliphatic carbocycles. The van der Waals surface area contributed by atoms with E-state index in [1.54, 1.807) is 7.11 Å². The summed E-state index contributed by atoms with van der Waals surface area (Å²) in [5.74, 6) is 1.10. The molecule has 1 aliphatic rings. The Hall–Kier alpha value is -1.17. The average Bonchev–Trinajstić information content (AvgIpc) is 2.52. The molecular weight excluding hydrogens is 266 g/mol. The van der Waals surface area contributed by atoms with E-state index in [1.807, 2.05) is 6.20 Å². The fraction of sp³-hybridized carbons (Fsp3) is 0.688. The molecule has 0 radical (unpaired) electrons. The van der Waals surface area contributed by atoms with Gasteiger partial charge in [-0.15, -0.1) is 0 Å². The van der Waals surface area contributed by atoms with E-state index in [2.05, 4.69) is 30.1 Å². The Balaban J connectivity index is 2.01. The second kappa shape index (κ2) is 8.32. The van der Waals surface area contributed by atoms with E-state index in [0.717, 1.165) is 51.7 Å². The van der Waals surface area contributed by atoms with Crippen LogP contribution in [0, 0.1) is 6.92 Å². The number of hydrogen-bond donors (Lipinski definition) is 1. The summed E-state index contributed by atoms with van der Waals surface area (Å²) in [5.41, 5.74) is 2.45. The Morgan fingerprint density at radius 2 is 2.38 bits per heavy atom. The largest absolute Gasteiger partial charge is 0.383 e. The highest BCUT2D eigenvalue weighted by Gasteiger charge is 2.23. The molecule has 2 rings (SSSR count). The zero-order valence-corrected chi connectivity index (χ0v) is 13.4. The predicted octanol–water partition coefficient (Wildman–Crippen LogP) is 1.74. The van der Waals surface area contributed by atoms with Gasteiger partial charge in [0.1, 0.15) is 5.82 Å². The topological polar surface area (TPSA) is 46.6 Å². The van der Waals surface area contributed by atoms with E-state index in [1.165, 1.54) is 11.1 Å². The number of pyridine rings is 1. The number of morpholine rings is 1. The average molecular weight is 293 g/mol. The minimum absolute atomic E-state index is 0.440. The zero-order chi connectivity index (χ0) is 15.1. The molecule has 0 amide bonds. The summed E-state index contributed by atoms with van der Waals surface area (Å²) in [6.45, 7) is 9.29. The number of rotatable bonds is 7. The highest BCUT2D eigenvalue weighted by atomic mass is 16.5. The summed E-state index contributed by atoms with van der Waals surface area (Å²) in [6, 6.07) is 2.67. The lowest BCUT2D eigenvalue weighted by Crippen LogP contribution is -2.46. The number of methoxy groups -OCH3 is 1. The first-order valence-corrected chi connectivity index (χ1v) is 7.75. The number of ether oxygens (including phenoxy) is 2. The molecule has 1 aromatic rings. The highest BCUT2D eigenvalue weighted by molar-refractivity contribution is 5.48. The van der Waals surface area contributed by atoms with Crippen molar-refractivity contribution in [3.05, 3.63) is 23.4 Å². The van der Waals surface area contributed by atoms with Gasteiger partial charge in [-0.3, -0.25) is 0 Å². The molecule has 21 heavy (non-hydrogen) atoms. The maximum absolute atomic E-state index is 5.57. The first-order chi connectivity index (χ1) is 10.3. The summed E-state index contributed by atoms with van der Waals surface area (Å²) in [6.07, 6.45) is 3.06. The van der Waals surface area contributed by atoms with Gasteiger partial charge in [0.2, 0.25) is 0 Å². The molecule has 1 N–H and O–H groups in total.